The molecule has 2 heterocycles. The topological polar surface area (TPSA) is 54.0 Å². The molecule has 0 saturated carbocycles. The third kappa shape index (κ3) is 5.39. The number of amides is 1. The highest BCUT2D eigenvalue weighted by atomic mass is 16.1. The van der Waals surface area contributed by atoms with Crippen molar-refractivity contribution in [1.82, 2.24) is 15.6 Å². The van der Waals surface area contributed by atoms with Crippen molar-refractivity contribution in [2.45, 2.75) is 44.6 Å². The molecule has 1 aromatic rings. The van der Waals surface area contributed by atoms with Crippen molar-refractivity contribution in [3.63, 3.8) is 0 Å². The smallest absolute Gasteiger partial charge is 0.220 e. The lowest BCUT2D eigenvalue weighted by Gasteiger charge is -2.23. The maximum atomic E-state index is 11.7. The Kier molecular flexibility index (Phi) is 5.82. The molecule has 1 fully saturated rings. The Morgan fingerprint density at radius 3 is 2.95 bits per heavy atom. The van der Waals surface area contributed by atoms with Crippen LogP contribution < -0.4 is 10.6 Å². The van der Waals surface area contributed by atoms with Gasteiger partial charge in [-0.15, -0.1) is 0 Å². The molecular weight excluding hydrogens is 238 g/mol. The Hall–Kier alpha value is -1.42. The molecule has 1 aliphatic rings. The average Bonchev–Trinajstić information content (AvgIpc) is 2.47. The van der Waals surface area contributed by atoms with Crippen LogP contribution in [0, 0.1) is 0 Å². The normalized spacial score (nSPS) is 19.1. The van der Waals surface area contributed by atoms with Crippen molar-refractivity contribution in [2.75, 3.05) is 13.1 Å². The summed E-state index contributed by atoms with van der Waals surface area (Å²) >= 11 is 0. The number of nitrogens with one attached hydrogen (secondary N) is 2. The fraction of sp³-hybridized carbons (Fsp3) is 0.600. The van der Waals surface area contributed by atoms with Crippen LogP contribution >= 0.6 is 0 Å². The summed E-state index contributed by atoms with van der Waals surface area (Å²) in [5, 5.41) is 6.45. The van der Waals surface area contributed by atoms with E-state index in [1.807, 2.05) is 12.1 Å². The largest absolute Gasteiger partial charge is 0.356 e. The van der Waals surface area contributed by atoms with E-state index in [0.29, 0.717) is 19.0 Å². The number of hydrogen-bond donors (Lipinski definition) is 2. The van der Waals surface area contributed by atoms with E-state index in [-0.39, 0.29) is 5.91 Å². The maximum Gasteiger partial charge on any atom is 0.220 e. The molecule has 19 heavy (non-hydrogen) atoms. The molecule has 1 atom stereocenters. The fourth-order valence-corrected chi connectivity index (χ4v) is 2.46. The van der Waals surface area contributed by atoms with Crippen LogP contribution in [0.3, 0.4) is 0 Å². The summed E-state index contributed by atoms with van der Waals surface area (Å²) in [7, 11) is 0. The van der Waals surface area contributed by atoms with Crippen molar-refractivity contribution in [2.24, 2.45) is 0 Å². The number of carbonyl (C=O) groups is 1. The third-order valence-corrected chi connectivity index (χ3v) is 3.62. The highest BCUT2D eigenvalue weighted by molar-refractivity contribution is 5.75. The van der Waals surface area contributed by atoms with E-state index in [9.17, 15) is 4.79 Å². The lowest BCUT2D eigenvalue weighted by molar-refractivity contribution is -0.121. The quantitative estimate of drug-likeness (QED) is 0.819. The van der Waals surface area contributed by atoms with Crippen molar-refractivity contribution in [1.29, 1.82) is 0 Å². The van der Waals surface area contributed by atoms with Crippen LogP contribution in [0.5, 0.6) is 0 Å². The lowest BCUT2D eigenvalue weighted by Crippen LogP contribution is -2.35. The molecule has 0 aliphatic carbocycles. The van der Waals surface area contributed by atoms with Crippen LogP contribution in [0.25, 0.3) is 0 Å². The molecule has 0 aromatic carbocycles. The second-order valence-electron chi connectivity index (χ2n) is 5.14. The van der Waals surface area contributed by atoms with Gasteiger partial charge in [0.05, 0.1) is 0 Å². The first kappa shape index (κ1) is 14.0. The molecule has 0 bridgehead atoms. The first-order valence-corrected chi connectivity index (χ1v) is 7.23. The highest BCUT2D eigenvalue weighted by Gasteiger charge is 2.13. The van der Waals surface area contributed by atoms with Crippen LogP contribution in [0.2, 0.25) is 0 Å². The number of carbonyl (C=O) groups excluding carboxylic acids is 1. The van der Waals surface area contributed by atoms with Gasteiger partial charge in [-0.3, -0.25) is 9.78 Å². The number of aromatic nitrogens is 1. The van der Waals surface area contributed by atoms with Gasteiger partial charge < -0.3 is 10.6 Å². The lowest BCUT2D eigenvalue weighted by atomic mass is 10.0. The summed E-state index contributed by atoms with van der Waals surface area (Å²) in [6, 6.07) is 4.51. The average molecular weight is 261 g/mol. The highest BCUT2D eigenvalue weighted by Crippen LogP contribution is 2.11. The number of piperidine rings is 1. The third-order valence-electron chi connectivity index (χ3n) is 3.62. The molecule has 0 spiro atoms. The Balaban J connectivity index is 1.57. The number of nitrogens with zero attached hydrogens (tertiary/aromatic N) is 1. The van der Waals surface area contributed by atoms with Crippen LogP contribution in [0.15, 0.2) is 24.5 Å². The van der Waals surface area contributed by atoms with Crippen molar-refractivity contribution >= 4 is 5.91 Å². The molecule has 4 nitrogen and oxygen atoms in total. The Morgan fingerprint density at radius 1 is 1.37 bits per heavy atom. The van der Waals surface area contributed by atoms with Gasteiger partial charge in [0.15, 0.2) is 0 Å². The predicted octanol–water partition coefficient (Wildman–Crippen LogP) is 1.66. The van der Waals surface area contributed by atoms with Gasteiger partial charge >= 0.3 is 0 Å². The summed E-state index contributed by atoms with van der Waals surface area (Å²) in [6.45, 7) is 1.81. The molecule has 1 saturated heterocycles. The van der Waals surface area contributed by atoms with E-state index in [2.05, 4.69) is 15.6 Å². The Morgan fingerprint density at radius 2 is 2.21 bits per heavy atom. The first-order valence-electron chi connectivity index (χ1n) is 7.23. The summed E-state index contributed by atoms with van der Waals surface area (Å²) in [6.07, 6.45) is 9.81. The molecule has 1 aliphatic heterocycles. The molecule has 1 amide bonds. The van der Waals surface area contributed by atoms with Gasteiger partial charge in [0.25, 0.3) is 0 Å². The van der Waals surface area contributed by atoms with Gasteiger partial charge in [-0.25, -0.2) is 0 Å². The predicted molar refractivity (Wildman–Crippen MR) is 75.8 cm³/mol. The van der Waals surface area contributed by atoms with E-state index in [4.69, 9.17) is 0 Å². The van der Waals surface area contributed by atoms with E-state index in [1.54, 1.807) is 12.4 Å². The first-order chi connectivity index (χ1) is 9.34. The van der Waals surface area contributed by atoms with E-state index >= 15 is 0 Å². The van der Waals surface area contributed by atoms with E-state index < -0.39 is 0 Å². The minimum absolute atomic E-state index is 0.168. The maximum absolute atomic E-state index is 11.7. The zero-order valence-electron chi connectivity index (χ0n) is 11.4. The van der Waals surface area contributed by atoms with Crippen LogP contribution in [-0.2, 0) is 11.2 Å². The number of rotatable bonds is 6. The molecule has 2 rings (SSSR count). The van der Waals surface area contributed by atoms with Gasteiger partial charge in [0.2, 0.25) is 5.91 Å². The zero-order chi connectivity index (χ0) is 13.3. The summed E-state index contributed by atoms with van der Waals surface area (Å²) in [5.41, 5.74) is 1.21. The monoisotopic (exact) mass is 261 g/mol. The minimum atomic E-state index is 0.168. The van der Waals surface area contributed by atoms with Crippen LogP contribution in [0.1, 0.15) is 37.7 Å². The summed E-state index contributed by atoms with van der Waals surface area (Å²) < 4.78 is 0. The molecule has 1 unspecified atom stereocenters. The minimum Gasteiger partial charge on any atom is -0.356 e. The van der Waals surface area contributed by atoms with Crippen molar-refractivity contribution in [3.8, 4) is 0 Å². The van der Waals surface area contributed by atoms with Gasteiger partial charge in [-0.05, 0) is 49.9 Å². The summed E-state index contributed by atoms with van der Waals surface area (Å²) in [5.74, 6) is 0.168. The van der Waals surface area contributed by atoms with E-state index in [0.717, 1.165) is 19.4 Å². The zero-order valence-corrected chi connectivity index (χ0v) is 11.4. The fourth-order valence-electron chi connectivity index (χ4n) is 2.46. The summed E-state index contributed by atoms with van der Waals surface area (Å²) in [4.78, 5) is 15.7. The molecule has 4 heteroatoms. The van der Waals surface area contributed by atoms with Gasteiger partial charge in [0, 0.05) is 31.4 Å². The van der Waals surface area contributed by atoms with Gasteiger partial charge in [-0.2, -0.15) is 0 Å². The molecule has 0 radical (unpaired) electrons. The Labute approximate surface area is 115 Å². The number of pyridine rings is 1. The Bertz CT molecular complexity index is 374. The second-order valence-corrected chi connectivity index (χ2v) is 5.14. The van der Waals surface area contributed by atoms with Crippen LogP contribution in [0.4, 0.5) is 0 Å². The SMILES string of the molecule is O=C(CCC1CCCCN1)NCCc1ccncc1. The molecule has 104 valence electrons. The van der Waals surface area contributed by atoms with Crippen molar-refractivity contribution < 1.29 is 4.79 Å². The molecule has 1 aromatic heterocycles. The standard InChI is InChI=1S/C15H23N3O/c19-15(5-4-14-3-1-2-9-17-14)18-12-8-13-6-10-16-11-7-13/h6-7,10-11,14,17H,1-5,8-9,12H2,(H,18,19). The molecule has 2 N–H and O–H groups in total. The van der Waals surface area contributed by atoms with Gasteiger partial charge in [0.1, 0.15) is 0 Å². The van der Waals surface area contributed by atoms with Gasteiger partial charge in [-0.1, -0.05) is 6.42 Å². The van der Waals surface area contributed by atoms with E-state index in [1.165, 1.54) is 24.8 Å². The number of hydrogen-bond acceptors (Lipinski definition) is 3. The van der Waals surface area contributed by atoms with Crippen molar-refractivity contribution in [3.05, 3.63) is 30.1 Å². The van der Waals surface area contributed by atoms with Crippen LogP contribution in [-0.4, -0.2) is 30.0 Å². The molecular formula is C15H23N3O. The second kappa shape index (κ2) is 7.89.